The molecule has 0 unspecified atom stereocenters. The molecule has 138 valence electrons. The van der Waals surface area contributed by atoms with Crippen LogP contribution in [0.5, 0.6) is 0 Å². The summed E-state index contributed by atoms with van der Waals surface area (Å²) in [6.45, 7) is 9.26. The minimum Gasteiger partial charge on any atom is -0.378 e. The molecule has 1 heterocycles. The number of rotatable bonds is 11. The lowest BCUT2D eigenvalue weighted by molar-refractivity contribution is -0.261. The summed E-state index contributed by atoms with van der Waals surface area (Å²) in [5.41, 5.74) is -0.414. The van der Waals surface area contributed by atoms with Gasteiger partial charge in [0, 0.05) is 23.0 Å². The number of hydrogen-bond donors (Lipinski definition) is 1. The van der Waals surface area contributed by atoms with Crippen molar-refractivity contribution < 1.29 is 9.94 Å². The molecule has 1 N–H and O–H groups in total. The zero-order valence-corrected chi connectivity index (χ0v) is 17.3. The van der Waals surface area contributed by atoms with Gasteiger partial charge in [0.25, 0.3) is 0 Å². The van der Waals surface area contributed by atoms with Crippen LogP contribution < -0.4 is 0 Å². The van der Waals surface area contributed by atoms with Crippen LogP contribution in [0, 0.1) is 0 Å². The van der Waals surface area contributed by atoms with Gasteiger partial charge in [0.05, 0.1) is 6.10 Å². The van der Waals surface area contributed by atoms with E-state index >= 15 is 0 Å². The molecule has 0 aromatic rings. The van der Waals surface area contributed by atoms with Crippen molar-refractivity contribution in [3.63, 3.8) is 0 Å². The first-order chi connectivity index (χ1) is 10.8. The predicted octanol–water partition coefficient (Wildman–Crippen LogP) is 5.93. The molecule has 23 heavy (non-hydrogen) atoms. The van der Waals surface area contributed by atoms with E-state index in [9.17, 15) is 5.21 Å². The summed E-state index contributed by atoms with van der Waals surface area (Å²) in [7, 11) is 0. The molecular formula is C19H38BrNO2. The maximum atomic E-state index is 10.3. The Labute approximate surface area is 152 Å². The lowest BCUT2D eigenvalue weighted by atomic mass is 9.80. The average Bonchev–Trinajstić information content (AvgIpc) is 2.46. The monoisotopic (exact) mass is 391 g/mol. The maximum Gasteiger partial charge on any atom is 0.0611 e. The van der Waals surface area contributed by atoms with Crippen LogP contribution in [0.4, 0.5) is 0 Å². The fourth-order valence-corrected chi connectivity index (χ4v) is 4.20. The Morgan fingerprint density at radius 2 is 1.30 bits per heavy atom. The van der Waals surface area contributed by atoms with Crippen molar-refractivity contribution in [1.29, 1.82) is 0 Å². The van der Waals surface area contributed by atoms with E-state index < -0.39 is 0 Å². The Bertz CT molecular complexity index is 302. The van der Waals surface area contributed by atoms with Gasteiger partial charge in [0.2, 0.25) is 0 Å². The van der Waals surface area contributed by atoms with E-state index in [1.165, 1.54) is 56.4 Å². The number of hydrogen-bond acceptors (Lipinski definition) is 3. The lowest BCUT2D eigenvalue weighted by Crippen LogP contribution is -2.60. The summed E-state index contributed by atoms with van der Waals surface area (Å²) < 4.78 is 6.12. The second-order valence-corrected chi connectivity index (χ2v) is 9.15. The van der Waals surface area contributed by atoms with Crippen molar-refractivity contribution in [3.8, 4) is 0 Å². The smallest absolute Gasteiger partial charge is 0.0611 e. The van der Waals surface area contributed by atoms with Crippen molar-refractivity contribution in [1.82, 2.24) is 5.06 Å². The molecule has 1 fully saturated rings. The largest absolute Gasteiger partial charge is 0.378 e. The zero-order chi connectivity index (χ0) is 17.3. The molecular weight excluding hydrogens is 354 g/mol. The number of unbranched alkanes of at least 4 members (excludes halogenated alkanes) is 7. The van der Waals surface area contributed by atoms with E-state index in [0.717, 1.165) is 24.8 Å². The normalized spacial score (nSPS) is 21.7. The average molecular weight is 392 g/mol. The molecule has 0 atom stereocenters. The molecule has 0 aliphatic carbocycles. The Morgan fingerprint density at radius 3 is 1.78 bits per heavy atom. The van der Waals surface area contributed by atoms with Gasteiger partial charge >= 0.3 is 0 Å². The van der Waals surface area contributed by atoms with E-state index in [1.54, 1.807) is 0 Å². The van der Waals surface area contributed by atoms with E-state index in [-0.39, 0.29) is 17.2 Å². The number of hydroxylamine groups is 2. The van der Waals surface area contributed by atoms with E-state index in [1.807, 2.05) is 0 Å². The third kappa shape index (κ3) is 7.85. The quantitative estimate of drug-likeness (QED) is 0.349. The minimum absolute atomic E-state index is 0.207. The van der Waals surface area contributed by atoms with Crippen LogP contribution in [0.2, 0.25) is 0 Å². The Kier molecular flexibility index (Phi) is 9.65. The van der Waals surface area contributed by atoms with Crippen molar-refractivity contribution in [3.05, 3.63) is 0 Å². The summed E-state index contributed by atoms with van der Waals surface area (Å²) in [6.07, 6.45) is 12.7. The number of alkyl halides is 1. The van der Waals surface area contributed by atoms with E-state index in [0.29, 0.717) is 0 Å². The molecule has 1 aliphatic heterocycles. The van der Waals surface area contributed by atoms with Gasteiger partial charge in [-0.15, -0.1) is 0 Å². The van der Waals surface area contributed by atoms with Crippen LogP contribution in [0.3, 0.4) is 0 Å². The molecule has 0 aromatic carbocycles. The summed E-state index contributed by atoms with van der Waals surface area (Å²) in [5.74, 6) is 0. The summed E-state index contributed by atoms with van der Waals surface area (Å²) >= 11 is 3.48. The van der Waals surface area contributed by atoms with Gasteiger partial charge in [-0.2, -0.15) is 5.06 Å². The first-order valence-corrected chi connectivity index (χ1v) is 10.6. The van der Waals surface area contributed by atoms with Crippen LogP contribution in [0.15, 0.2) is 0 Å². The number of nitrogens with zero attached hydrogens (tertiary/aromatic N) is 1. The third-order valence-electron chi connectivity index (χ3n) is 4.98. The van der Waals surface area contributed by atoms with E-state index in [2.05, 4.69) is 43.6 Å². The van der Waals surface area contributed by atoms with Gasteiger partial charge in [-0.3, -0.25) is 0 Å². The van der Waals surface area contributed by atoms with Crippen LogP contribution in [-0.4, -0.2) is 39.4 Å². The first kappa shape index (κ1) is 21.4. The summed E-state index contributed by atoms with van der Waals surface area (Å²) in [6, 6.07) is 0. The molecule has 3 nitrogen and oxygen atoms in total. The zero-order valence-electron chi connectivity index (χ0n) is 15.7. The predicted molar refractivity (Wildman–Crippen MR) is 101 cm³/mol. The molecule has 1 aliphatic rings. The summed E-state index contributed by atoms with van der Waals surface area (Å²) in [5, 5.41) is 13.0. The third-order valence-corrected chi connectivity index (χ3v) is 5.54. The first-order valence-electron chi connectivity index (χ1n) is 9.46. The lowest BCUT2D eigenvalue weighted by Gasteiger charge is -2.51. The maximum absolute atomic E-state index is 10.3. The molecule has 0 amide bonds. The van der Waals surface area contributed by atoms with Crippen LogP contribution in [0.1, 0.15) is 91.9 Å². The van der Waals surface area contributed by atoms with Gasteiger partial charge in [0.1, 0.15) is 0 Å². The van der Waals surface area contributed by atoms with Gasteiger partial charge in [-0.25, -0.2) is 0 Å². The fourth-order valence-electron chi connectivity index (χ4n) is 3.80. The topological polar surface area (TPSA) is 32.7 Å². The summed E-state index contributed by atoms with van der Waals surface area (Å²) in [4.78, 5) is 0. The van der Waals surface area contributed by atoms with Gasteiger partial charge in [0.15, 0.2) is 0 Å². The van der Waals surface area contributed by atoms with Gasteiger partial charge in [-0.1, -0.05) is 54.5 Å². The van der Waals surface area contributed by atoms with Gasteiger partial charge < -0.3 is 9.94 Å². The highest BCUT2D eigenvalue weighted by atomic mass is 79.9. The number of piperidine rings is 1. The second kappa shape index (κ2) is 10.4. The highest BCUT2D eigenvalue weighted by Gasteiger charge is 2.45. The molecule has 1 saturated heterocycles. The number of ether oxygens (including phenoxy) is 1. The van der Waals surface area contributed by atoms with Crippen LogP contribution >= 0.6 is 15.9 Å². The highest BCUT2D eigenvalue weighted by molar-refractivity contribution is 9.09. The molecule has 1 rings (SSSR count). The molecule has 0 aromatic heterocycles. The highest BCUT2D eigenvalue weighted by Crippen LogP contribution is 2.37. The fraction of sp³-hybridized carbons (Fsp3) is 1.00. The minimum atomic E-state index is -0.207. The molecule has 0 radical (unpaired) electrons. The number of halogens is 1. The Balaban J connectivity index is 2.08. The van der Waals surface area contributed by atoms with Crippen LogP contribution in [0.25, 0.3) is 0 Å². The van der Waals surface area contributed by atoms with Crippen LogP contribution in [-0.2, 0) is 4.74 Å². The van der Waals surface area contributed by atoms with Crippen molar-refractivity contribution in [2.45, 2.75) is 109 Å². The standard InChI is InChI=1S/C19H38BrNO2/c1-18(2)15-17(16-19(3,4)21(18)22)23-14-12-10-8-6-5-7-9-11-13-20/h17,22H,5-16H2,1-4H3. The van der Waals surface area contributed by atoms with Crippen molar-refractivity contribution in [2.75, 3.05) is 11.9 Å². The van der Waals surface area contributed by atoms with Gasteiger partial charge in [-0.05, 0) is 53.4 Å². The second-order valence-electron chi connectivity index (χ2n) is 8.36. The van der Waals surface area contributed by atoms with Crippen molar-refractivity contribution in [2.24, 2.45) is 0 Å². The molecule has 0 spiro atoms. The van der Waals surface area contributed by atoms with E-state index in [4.69, 9.17) is 4.74 Å². The molecule has 4 heteroatoms. The Morgan fingerprint density at radius 1 is 0.870 bits per heavy atom. The van der Waals surface area contributed by atoms with Crippen molar-refractivity contribution >= 4 is 15.9 Å². The molecule has 0 saturated carbocycles. The molecule has 0 bridgehead atoms. The Hall–Kier alpha value is 0.360. The SMILES string of the molecule is CC1(C)CC(OCCCCCCCCCCBr)CC(C)(C)N1O.